The molecular formula is C18H28IN3. The summed E-state index contributed by atoms with van der Waals surface area (Å²) in [6.07, 6.45) is 7.76. The molecule has 0 aliphatic carbocycles. The van der Waals surface area contributed by atoms with Crippen molar-refractivity contribution in [1.29, 1.82) is 0 Å². The third kappa shape index (κ3) is 5.99. The second-order valence-corrected chi connectivity index (χ2v) is 5.62. The average Bonchev–Trinajstić information content (AvgIpc) is 2.97. The highest BCUT2D eigenvalue weighted by molar-refractivity contribution is 14.0. The summed E-state index contributed by atoms with van der Waals surface area (Å²) in [6.45, 7) is 5.24. The van der Waals surface area contributed by atoms with E-state index in [2.05, 4.69) is 64.6 Å². The molecule has 1 unspecified atom stereocenters. The molecule has 122 valence electrons. The number of hydrogen-bond acceptors (Lipinski definition) is 1. The quantitative estimate of drug-likeness (QED) is 0.262. The van der Waals surface area contributed by atoms with Crippen molar-refractivity contribution in [2.45, 2.75) is 26.2 Å². The fraction of sp³-hybridized carbons (Fsp3) is 0.500. The molecule has 22 heavy (non-hydrogen) atoms. The summed E-state index contributed by atoms with van der Waals surface area (Å²) in [7, 11) is 1.88. The summed E-state index contributed by atoms with van der Waals surface area (Å²) in [5.41, 5.74) is 1.44. The van der Waals surface area contributed by atoms with Gasteiger partial charge in [0.15, 0.2) is 5.96 Å². The molecule has 1 aliphatic rings. The maximum atomic E-state index is 4.42. The van der Waals surface area contributed by atoms with Crippen molar-refractivity contribution >= 4 is 29.9 Å². The molecule has 0 amide bonds. The minimum atomic E-state index is 0. The van der Waals surface area contributed by atoms with Gasteiger partial charge in [-0.3, -0.25) is 4.99 Å². The maximum absolute atomic E-state index is 4.42. The van der Waals surface area contributed by atoms with Crippen molar-refractivity contribution in [3.63, 3.8) is 0 Å². The summed E-state index contributed by atoms with van der Waals surface area (Å²) < 4.78 is 0. The average molecular weight is 413 g/mol. The van der Waals surface area contributed by atoms with Gasteiger partial charge in [0.2, 0.25) is 0 Å². The Morgan fingerprint density at radius 2 is 2.14 bits per heavy atom. The number of halogens is 1. The monoisotopic (exact) mass is 413 g/mol. The zero-order chi connectivity index (χ0) is 14.9. The minimum Gasteiger partial charge on any atom is -0.356 e. The van der Waals surface area contributed by atoms with Crippen molar-refractivity contribution in [1.82, 2.24) is 10.2 Å². The Morgan fingerprint density at radius 1 is 1.36 bits per heavy atom. The van der Waals surface area contributed by atoms with Crippen LogP contribution in [0.3, 0.4) is 0 Å². The zero-order valence-corrected chi connectivity index (χ0v) is 16.0. The number of hydrogen-bond donors (Lipinski definition) is 1. The number of rotatable bonds is 5. The van der Waals surface area contributed by atoms with Crippen LogP contribution in [0.25, 0.3) is 0 Å². The first kappa shape index (κ1) is 19.0. The van der Waals surface area contributed by atoms with E-state index in [0.717, 1.165) is 37.9 Å². The van der Waals surface area contributed by atoms with E-state index < -0.39 is 0 Å². The van der Waals surface area contributed by atoms with Crippen LogP contribution in [-0.2, 0) is 6.42 Å². The molecule has 0 radical (unpaired) electrons. The molecule has 1 aliphatic heterocycles. The molecule has 0 saturated carbocycles. The van der Waals surface area contributed by atoms with E-state index >= 15 is 0 Å². The number of allylic oxidation sites excluding steroid dienone is 1. The van der Waals surface area contributed by atoms with E-state index in [4.69, 9.17) is 0 Å². The molecular weight excluding hydrogens is 385 g/mol. The third-order valence-electron chi connectivity index (χ3n) is 3.99. The van der Waals surface area contributed by atoms with Crippen molar-refractivity contribution in [2.24, 2.45) is 10.9 Å². The fourth-order valence-electron chi connectivity index (χ4n) is 2.91. The normalized spacial score (nSPS) is 18.5. The molecule has 1 aromatic carbocycles. The maximum Gasteiger partial charge on any atom is 0.193 e. The third-order valence-corrected chi connectivity index (χ3v) is 3.99. The first-order chi connectivity index (χ1) is 10.3. The van der Waals surface area contributed by atoms with Gasteiger partial charge >= 0.3 is 0 Å². The van der Waals surface area contributed by atoms with Gasteiger partial charge < -0.3 is 10.2 Å². The predicted octanol–water partition coefficient (Wildman–Crippen LogP) is 3.71. The Hall–Kier alpha value is -1.04. The van der Waals surface area contributed by atoms with Gasteiger partial charge in [0.1, 0.15) is 0 Å². The van der Waals surface area contributed by atoms with Gasteiger partial charge in [-0.05, 0) is 37.7 Å². The second kappa shape index (κ2) is 10.6. The summed E-state index contributed by atoms with van der Waals surface area (Å²) >= 11 is 0. The van der Waals surface area contributed by atoms with Crippen LogP contribution in [0, 0.1) is 5.92 Å². The molecule has 3 nitrogen and oxygen atoms in total. The molecule has 4 heteroatoms. The van der Waals surface area contributed by atoms with Gasteiger partial charge in [-0.2, -0.15) is 0 Å². The van der Waals surface area contributed by atoms with Crippen molar-refractivity contribution in [3.8, 4) is 0 Å². The smallest absolute Gasteiger partial charge is 0.193 e. The van der Waals surface area contributed by atoms with Gasteiger partial charge in [-0.25, -0.2) is 0 Å². The van der Waals surface area contributed by atoms with Crippen molar-refractivity contribution in [2.75, 3.05) is 26.7 Å². The van der Waals surface area contributed by atoms with Gasteiger partial charge in [-0.15, -0.1) is 24.0 Å². The minimum absolute atomic E-state index is 0. The van der Waals surface area contributed by atoms with Gasteiger partial charge in [0.05, 0.1) is 0 Å². The van der Waals surface area contributed by atoms with Gasteiger partial charge in [0, 0.05) is 26.7 Å². The van der Waals surface area contributed by atoms with E-state index in [9.17, 15) is 0 Å². The molecule has 0 bridgehead atoms. The van der Waals surface area contributed by atoms with Crippen LogP contribution < -0.4 is 5.32 Å². The number of likely N-dealkylation sites (tertiary alicyclic amines) is 1. The highest BCUT2D eigenvalue weighted by Gasteiger charge is 2.24. The summed E-state index contributed by atoms with van der Waals surface area (Å²) in [4.78, 5) is 6.81. The first-order valence-electron chi connectivity index (χ1n) is 7.94. The Balaban J connectivity index is 0.00000242. The number of benzene rings is 1. The molecule has 1 saturated heterocycles. The van der Waals surface area contributed by atoms with Crippen LogP contribution in [0.2, 0.25) is 0 Å². The molecule has 1 fully saturated rings. The van der Waals surface area contributed by atoms with Crippen LogP contribution >= 0.6 is 24.0 Å². The van der Waals surface area contributed by atoms with Gasteiger partial charge in [0.25, 0.3) is 0 Å². The Labute approximate surface area is 151 Å². The second-order valence-electron chi connectivity index (χ2n) is 5.62. The van der Waals surface area contributed by atoms with Crippen LogP contribution in [0.5, 0.6) is 0 Å². The van der Waals surface area contributed by atoms with E-state index in [-0.39, 0.29) is 24.0 Å². The van der Waals surface area contributed by atoms with E-state index in [1.807, 2.05) is 7.05 Å². The number of guanidine groups is 1. The van der Waals surface area contributed by atoms with Crippen molar-refractivity contribution < 1.29 is 0 Å². The predicted molar refractivity (Wildman–Crippen MR) is 106 cm³/mol. The number of nitrogens with one attached hydrogen (secondary N) is 1. The number of aliphatic imine (C=N–C) groups is 1. The fourth-order valence-corrected chi connectivity index (χ4v) is 2.91. The lowest BCUT2D eigenvalue weighted by Gasteiger charge is -2.21. The van der Waals surface area contributed by atoms with Crippen LogP contribution in [0.15, 0.2) is 47.5 Å². The van der Waals surface area contributed by atoms with Crippen LogP contribution in [0.1, 0.15) is 25.3 Å². The van der Waals surface area contributed by atoms with E-state index in [0.29, 0.717) is 0 Å². The Bertz CT molecular complexity index is 470. The first-order valence-corrected chi connectivity index (χ1v) is 7.94. The molecule has 1 heterocycles. The largest absolute Gasteiger partial charge is 0.356 e. The Kier molecular flexibility index (Phi) is 9.20. The molecule has 1 atom stereocenters. The topological polar surface area (TPSA) is 27.6 Å². The molecule has 0 aromatic heterocycles. The molecule has 2 rings (SSSR count). The lowest BCUT2D eigenvalue weighted by atomic mass is 9.99. The zero-order valence-electron chi connectivity index (χ0n) is 13.7. The molecule has 1 N–H and O–H groups in total. The van der Waals surface area contributed by atoms with E-state index in [1.165, 1.54) is 18.4 Å². The Morgan fingerprint density at radius 3 is 2.82 bits per heavy atom. The number of nitrogens with zero attached hydrogens (tertiary/aromatic N) is 2. The summed E-state index contributed by atoms with van der Waals surface area (Å²) in [5, 5.41) is 3.46. The highest BCUT2D eigenvalue weighted by atomic mass is 127. The lowest BCUT2D eigenvalue weighted by molar-refractivity contribution is 0.460. The van der Waals surface area contributed by atoms with Crippen molar-refractivity contribution in [3.05, 3.63) is 48.0 Å². The van der Waals surface area contributed by atoms with Crippen LogP contribution in [-0.4, -0.2) is 37.5 Å². The standard InChI is InChI=1S/C18H27N3.HI/c1-3-4-8-12-20-18(19-2)21-13-11-17(15-21)14-16-9-6-5-7-10-16;/h3-7,9-10,17H,8,11-15H2,1-2H3,(H,19,20);1H/b4-3+;. The van der Waals surface area contributed by atoms with Gasteiger partial charge in [-0.1, -0.05) is 42.5 Å². The van der Waals surface area contributed by atoms with E-state index in [1.54, 1.807) is 0 Å². The highest BCUT2D eigenvalue weighted by Crippen LogP contribution is 2.20. The van der Waals surface area contributed by atoms with Crippen LogP contribution in [0.4, 0.5) is 0 Å². The summed E-state index contributed by atoms with van der Waals surface area (Å²) in [5.74, 6) is 1.79. The molecule has 0 spiro atoms. The summed E-state index contributed by atoms with van der Waals surface area (Å²) in [6, 6.07) is 10.8. The lowest BCUT2D eigenvalue weighted by Crippen LogP contribution is -2.40. The molecule has 1 aromatic rings. The SMILES string of the molecule is C/C=C/CCNC(=NC)N1CCC(Cc2ccccc2)C1.I.